The molecule has 1 aromatic heterocycles. The second-order valence-corrected chi connectivity index (χ2v) is 3.63. The molecule has 2 N–H and O–H groups in total. The van der Waals surface area contributed by atoms with E-state index in [1.165, 1.54) is 6.33 Å². The van der Waals surface area contributed by atoms with Crippen LogP contribution in [0.2, 0.25) is 0 Å². The van der Waals surface area contributed by atoms with Crippen LogP contribution in [0.5, 0.6) is 5.75 Å². The number of rotatable bonds is 6. The lowest BCUT2D eigenvalue weighted by molar-refractivity contribution is 0.367. The van der Waals surface area contributed by atoms with E-state index in [2.05, 4.69) is 20.5 Å². The van der Waals surface area contributed by atoms with E-state index in [9.17, 15) is 0 Å². The summed E-state index contributed by atoms with van der Waals surface area (Å²) in [6.07, 6.45) is 1.48. The molecule has 0 aliphatic heterocycles. The fourth-order valence-corrected chi connectivity index (χ4v) is 1.50. The Kier molecular flexibility index (Phi) is 4.27. The maximum atomic E-state index is 8.44. The van der Waals surface area contributed by atoms with Crippen molar-refractivity contribution in [2.75, 3.05) is 6.61 Å². The van der Waals surface area contributed by atoms with Crippen molar-refractivity contribution in [1.82, 2.24) is 20.5 Å². The van der Waals surface area contributed by atoms with Gasteiger partial charge in [-0.1, -0.05) is 12.1 Å². The standard InChI is InChI=1S/C12H13N5O/c13-4-5-18-11-3-1-2-10(6-11)7-14-8-12-15-9-16-17-12/h1-3,6,9,14H,5,7-8H2,(H,15,16,17). The van der Waals surface area contributed by atoms with Crippen molar-refractivity contribution in [3.8, 4) is 11.8 Å². The minimum atomic E-state index is 0.0644. The van der Waals surface area contributed by atoms with Gasteiger partial charge in [-0.2, -0.15) is 10.4 Å². The highest BCUT2D eigenvalue weighted by Crippen LogP contribution is 2.12. The molecule has 0 saturated carbocycles. The molecule has 92 valence electrons. The SMILES string of the molecule is N#CCOc1cccc(CNCc2ncn[nH]2)c1. The van der Waals surface area contributed by atoms with Crippen molar-refractivity contribution in [3.63, 3.8) is 0 Å². The van der Waals surface area contributed by atoms with E-state index in [0.717, 1.165) is 11.4 Å². The van der Waals surface area contributed by atoms with Gasteiger partial charge >= 0.3 is 0 Å². The van der Waals surface area contributed by atoms with Crippen LogP contribution in [0.25, 0.3) is 0 Å². The van der Waals surface area contributed by atoms with E-state index in [-0.39, 0.29) is 6.61 Å². The number of benzene rings is 1. The zero-order valence-electron chi connectivity index (χ0n) is 9.76. The summed E-state index contributed by atoms with van der Waals surface area (Å²) >= 11 is 0. The zero-order chi connectivity index (χ0) is 12.6. The summed E-state index contributed by atoms with van der Waals surface area (Å²) in [5.41, 5.74) is 1.09. The van der Waals surface area contributed by atoms with Crippen LogP contribution in [0.3, 0.4) is 0 Å². The Morgan fingerprint density at radius 3 is 3.11 bits per heavy atom. The lowest BCUT2D eigenvalue weighted by atomic mass is 10.2. The van der Waals surface area contributed by atoms with E-state index in [0.29, 0.717) is 18.8 Å². The first kappa shape index (κ1) is 12.1. The fraction of sp³-hybridized carbons (Fsp3) is 0.250. The highest BCUT2D eigenvalue weighted by atomic mass is 16.5. The smallest absolute Gasteiger partial charge is 0.174 e. The molecule has 1 aromatic carbocycles. The van der Waals surface area contributed by atoms with Crippen molar-refractivity contribution < 1.29 is 4.74 Å². The summed E-state index contributed by atoms with van der Waals surface area (Å²) < 4.78 is 5.23. The number of ether oxygens (including phenoxy) is 1. The average Bonchev–Trinajstić information content (AvgIpc) is 2.90. The normalized spacial score (nSPS) is 9.94. The van der Waals surface area contributed by atoms with Gasteiger partial charge in [-0.15, -0.1) is 0 Å². The number of nitrogens with one attached hydrogen (secondary N) is 2. The van der Waals surface area contributed by atoms with E-state index in [1.54, 1.807) is 0 Å². The van der Waals surface area contributed by atoms with E-state index < -0.39 is 0 Å². The van der Waals surface area contributed by atoms with Gasteiger partial charge in [0.05, 0.1) is 6.54 Å². The van der Waals surface area contributed by atoms with Crippen molar-refractivity contribution in [3.05, 3.63) is 42.0 Å². The Hall–Kier alpha value is -2.39. The topological polar surface area (TPSA) is 86.6 Å². The van der Waals surface area contributed by atoms with Crippen molar-refractivity contribution in [2.45, 2.75) is 13.1 Å². The van der Waals surface area contributed by atoms with Gasteiger partial charge in [0, 0.05) is 6.54 Å². The first-order valence-electron chi connectivity index (χ1n) is 5.52. The molecule has 0 fully saturated rings. The molecule has 2 rings (SSSR count). The predicted octanol–water partition coefficient (Wildman–Crippen LogP) is 0.997. The van der Waals surface area contributed by atoms with Gasteiger partial charge in [0.25, 0.3) is 0 Å². The van der Waals surface area contributed by atoms with Gasteiger partial charge in [0.1, 0.15) is 24.0 Å². The zero-order valence-corrected chi connectivity index (χ0v) is 9.76. The molecule has 18 heavy (non-hydrogen) atoms. The summed E-state index contributed by atoms with van der Waals surface area (Å²) in [7, 11) is 0. The van der Waals surface area contributed by atoms with Crippen LogP contribution in [-0.4, -0.2) is 21.8 Å². The minimum Gasteiger partial charge on any atom is -0.479 e. The van der Waals surface area contributed by atoms with E-state index in [1.807, 2.05) is 30.3 Å². The van der Waals surface area contributed by atoms with Crippen LogP contribution in [0.1, 0.15) is 11.4 Å². The molecule has 0 aliphatic carbocycles. The molecule has 0 atom stereocenters. The maximum absolute atomic E-state index is 8.44. The molecule has 1 heterocycles. The minimum absolute atomic E-state index is 0.0644. The van der Waals surface area contributed by atoms with Gasteiger partial charge in [-0.05, 0) is 17.7 Å². The number of nitriles is 1. The molecule has 2 aromatic rings. The van der Waals surface area contributed by atoms with Crippen LogP contribution in [0, 0.1) is 11.3 Å². The third-order valence-electron chi connectivity index (χ3n) is 2.29. The van der Waals surface area contributed by atoms with Crippen LogP contribution < -0.4 is 10.1 Å². The van der Waals surface area contributed by atoms with Gasteiger partial charge in [0.2, 0.25) is 0 Å². The first-order chi connectivity index (χ1) is 8.88. The Balaban J connectivity index is 1.83. The first-order valence-corrected chi connectivity index (χ1v) is 5.52. The maximum Gasteiger partial charge on any atom is 0.174 e. The van der Waals surface area contributed by atoms with Crippen LogP contribution in [0.4, 0.5) is 0 Å². The summed E-state index contributed by atoms with van der Waals surface area (Å²) in [5.74, 6) is 1.50. The molecule has 0 saturated heterocycles. The van der Waals surface area contributed by atoms with E-state index >= 15 is 0 Å². The molecular formula is C12H13N5O. The highest BCUT2D eigenvalue weighted by molar-refractivity contribution is 5.28. The largest absolute Gasteiger partial charge is 0.479 e. The van der Waals surface area contributed by atoms with Crippen molar-refractivity contribution >= 4 is 0 Å². The number of hydrogen-bond acceptors (Lipinski definition) is 5. The fourth-order valence-electron chi connectivity index (χ4n) is 1.50. The number of aromatic amines is 1. The predicted molar refractivity (Wildman–Crippen MR) is 64.5 cm³/mol. The number of H-pyrrole nitrogens is 1. The van der Waals surface area contributed by atoms with Gasteiger partial charge < -0.3 is 10.1 Å². The molecule has 6 heteroatoms. The highest BCUT2D eigenvalue weighted by Gasteiger charge is 1.98. The summed E-state index contributed by atoms with van der Waals surface area (Å²) in [6, 6.07) is 9.57. The Morgan fingerprint density at radius 2 is 2.33 bits per heavy atom. The molecule has 0 radical (unpaired) electrons. The quantitative estimate of drug-likeness (QED) is 0.790. The van der Waals surface area contributed by atoms with Gasteiger partial charge in [0.15, 0.2) is 6.61 Å². The molecular weight excluding hydrogens is 230 g/mol. The lowest BCUT2D eigenvalue weighted by Crippen LogP contribution is -2.13. The van der Waals surface area contributed by atoms with Gasteiger partial charge in [-0.25, -0.2) is 4.98 Å². The Bertz CT molecular complexity index is 518. The monoisotopic (exact) mass is 243 g/mol. The van der Waals surface area contributed by atoms with Crippen molar-refractivity contribution in [1.29, 1.82) is 5.26 Å². The molecule has 0 spiro atoms. The third-order valence-corrected chi connectivity index (χ3v) is 2.29. The van der Waals surface area contributed by atoms with Crippen LogP contribution >= 0.6 is 0 Å². The third kappa shape index (κ3) is 3.57. The summed E-state index contributed by atoms with van der Waals surface area (Å²) in [5, 5.41) is 18.2. The molecule has 0 amide bonds. The second kappa shape index (κ2) is 6.37. The Morgan fingerprint density at radius 1 is 1.39 bits per heavy atom. The number of hydrogen-bond donors (Lipinski definition) is 2. The summed E-state index contributed by atoms with van der Waals surface area (Å²) in [4.78, 5) is 4.02. The lowest BCUT2D eigenvalue weighted by Gasteiger charge is -2.06. The number of nitrogens with zero attached hydrogens (tertiary/aromatic N) is 3. The van der Waals surface area contributed by atoms with Gasteiger partial charge in [-0.3, -0.25) is 5.10 Å². The van der Waals surface area contributed by atoms with E-state index in [4.69, 9.17) is 10.00 Å². The average molecular weight is 243 g/mol. The van der Waals surface area contributed by atoms with Crippen molar-refractivity contribution in [2.24, 2.45) is 0 Å². The Labute approximate surface area is 105 Å². The number of aromatic nitrogens is 3. The summed E-state index contributed by atoms with van der Waals surface area (Å²) in [6.45, 7) is 1.39. The molecule has 0 unspecified atom stereocenters. The molecule has 0 bridgehead atoms. The molecule has 0 aliphatic rings. The second-order valence-electron chi connectivity index (χ2n) is 3.63. The van der Waals surface area contributed by atoms with Crippen LogP contribution in [0.15, 0.2) is 30.6 Å². The molecule has 6 nitrogen and oxygen atoms in total. The van der Waals surface area contributed by atoms with Crippen LogP contribution in [-0.2, 0) is 13.1 Å².